The molecule has 88 valence electrons. The Balaban J connectivity index is 1.91. The van der Waals surface area contributed by atoms with E-state index in [2.05, 4.69) is 14.9 Å². The van der Waals surface area contributed by atoms with Gasteiger partial charge in [0.1, 0.15) is 11.6 Å². The molecule has 0 spiro atoms. The zero-order valence-corrected chi connectivity index (χ0v) is 9.68. The molecule has 2 rings (SSSR count). The maximum atomic E-state index is 8.63. The van der Waals surface area contributed by atoms with Gasteiger partial charge in [0.05, 0.1) is 19.3 Å². The van der Waals surface area contributed by atoms with Gasteiger partial charge in [-0.3, -0.25) is 0 Å². The predicted octanol–water partition coefficient (Wildman–Crippen LogP) is 0.291. The van der Waals surface area contributed by atoms with E-state index in [-0.39, 0.29) is 12.7 Å². The maximum absolute atomic E-state index is 8.63. The molecule has 1 aliphatic heterocycles. The smallest absolute Gasteiger partial charge is 0.132 e. The minimum Gasteiger partial charge on any atom is -0.394 e. The molecule has 0 bridgehead atoms. The quantitative estimate of drug-likeness (QED) is 0.795. The fourth-order valence-electron chi connectivity index (χ4n) is 1.81. The largest absolute Gasteiger partial charge is 0.394 e. The average Bonchev–Trinajstić information content (AvgIpc) is 2.14. The van der Waals surface area contributed by atoms with Gasteiger partial charge in [-0.1, -0.05) is 0 Å². The molecule has 1 aliphatic rings. The molecule has 0 atom stereocenters. The fraction of sp³-hybridized carbons (Fsp3) is 0.636. The van der Waals surface area contributed by atoms with Gasteiger partial charge >= 0.3 is 0 Å². The van der Waals surface area contributed by atoms with Crippen molar-refractivity contribution in [2.45, 2.75) is 20.0 Å². The lowest BCUT2D eigenvalue weighted by Crippen LogP contribution is -2.53. The third kappa shape index (κ3) is 2.48. The zero-order chi connectivity index (χ0) is 11.5. The van der Waals surface area contributed by atoms with Crippen LogP contribution in [-0.4, -0.2) is 47.5 Å². The predicted molar refractivity (Wildman–Crippen MR) is 60.5 cm³/mol. The highest BCUT2D eigenvalue weighted by atomic mass is 16.5. The highest BCUT2D eigenvalue weighted by Crippen LogP contribution is 2.20. The van der Waals surface area contributed by atoms with Crippen LogP contribution in [0.15, 0.2) is 6.07 Å². The molecule has 0 aliphatic carbocycles. The number of hydrogen-bond donors (Lipinski definition) is 1. The summed E-state index contributed by atoms with van der Waals surface area (Å²) in [6.45, 7) is 6.06. The Kier molecular flexibility index (Phi) is 3.36. The first-order valence-corrected chi connectivity index (χ1v) is 5.48. The molecule has 0 amide bonds. The van der Waals surface area contributed by atoms with Gasteiger partial charge in [0, 0.05) is 24.8 Å². The van der Waals surface area contributed by atoms with Crippen LogP contribution in [0.5, 0.6) is 0 Å². The number of hydrogen-bond acceptors (Lipinski definition) is 5. The van der Waals surface area contributed by atoms with E-state index in [1.54, 1.807) is 0 Å². The van der Waals surface area contributed by atoms with E-state index >= 15 is 0 Å². The van der Waals surface area contributed by atoms with Crippen LogP contribution in [0.4, 0.5) is 5.82 Å². The molecular formula is C11H17N3O2. The van der Waals surface area contributed by atoms with Crippen molar-refractivity contribution >= 4 is 5.82 Å². The number of aryl methyl sites for hydroxylation is 2. The van der Waals surface area contributed by atoms with Crippen LogP contribution in [0.25, 0.3) is 0 Å². The van der Waals surface area contributed by atoms with Crippen LogP contribution in [-0.2, 0) is 4.74 Å². The summed E-state index contributed by atoms with van der Waals surface area (Å²) in [5.74, 6) is 1.77. The van der Waals surface area contributed by atoms with Crippen molar-refractivity contribution in [2.75, 3.05) is 31.2 Å². The number of rotatable bonds is 4. The average molecular weight is 223 g/mol. The van der Waals surface area contributed by atoms with E-state index in [1.807, 2.05) is 19.9 Å². The van der Waals surface area contributed by atoms with Crippen LogP contribution in [0.2, 0.25) is 0 Å². The third-order valence-electron chi connectivity index (χ3n) is 2.57. The standard InChI is InChI=1S/C11H17N3O2/c1-8-5-11(13-9(2)12-8)14-6-10(7-14)16-4-3-15/h5,10,15H,3-4,6-7H2,1-2H3. The van der Waals surface area contributed by atoms with E-state index in [0.29, 0.717) is 6.61 Å². The number of aromatic nitrogens is 2. The maximum Gasteiger partial charge on any atom is 0.132 e. The van der Waals surface area contributed by atoms with Crippen molar-refractivity contribution in [3.63, 3.8) is 0 Å². The first-order chi connectivity index (χ1) is 7.69. The summed E-state index contributed by atoms with van der Waals surface area (Å²) in [5, 5.41) is 8.63. The molecule has 0 saturated carbocycles. The Morgan fingerprint density at radius 1 is 1.44 bits per heavy atom. The molecule has 1 aromatic heterocycles. The van der Waals surface area contributed by atoms with Gasteiger partial charge in [0.15, 0.2) is 0 Å². The molecule has 1 saturated heterocycles. The van der Waals surface area contributed by atoms with Crippen molar-refractivity contribution in [1.82, 2.24) is 9.97 Å². The topological polar surface area (TPSA) is 58.5 Å². The van der Waals surface area contributed by atoms with Crippen LogP contribution < -0.4 is 4.90 Å². The molecule has 5 nitrogen and oxygen atoms in total. The third-order valence-corrected chi connectivity index (χ3v) is 2.57. The summed E-state index contributed by atoms with van der Waals surface area (Å²) in [5.41, 5.74) is 0.988. The van der Waals surface area contributed by atoms with E-state index in [9.17, 15) is 0 Å². The van der Waals surface area contributed by atoms with Gasteiger partial charge in [-0.15, -0.1) is 0 Å². The molecule has 0 unspecified atom stereocenters. The first-order valence-electron chi connectivity index (χ1n) is 5.48. The Morgan fingerprint density at radius 2 is 2.19 bits per heavy atom. The molecule has 2 heterocycles. The molecule has 16 heavy (non-hydrogen) atoms. The lowest BCUT2D eigenvalue weighted by atomic mass is 10.1. The lowest BCUT2D eigenvalue weighted by molar-refractivity contribution is 0.0132. The van der Waals surface area contributed by atoms with E-state index in [4.69, 9.17) is 9.84 Å². The van der Waals surface area contributed by atoms with Crippen LogP contribution in [0.3, 0.4) is 0 Å². The summed E-state index contributed by atoms with van der Waals surface area (Å²) in [4.78, 5) is 10.8. The molecule has 1 fully saturated rings. The molecule has 5 heteroatoms. The highest BCUT2D eigenvalue weighted by Gasteiger charge is 2.28. The van der Waals surface area contributed by atoms with E-state index in [1.165, 1.54) is 0 Å². The normalized spacial score (nSPS) is 16.3. The van der Waals surface area contributed by atoms with Gasteiger partial charge in [0.25, 0.3) is 0 Å². The molecular weight excluding hydrogens is 206 g/mol. The van der Waals surface area contributed by atoms with Crippen molar-refractivity contribution < 1.29 is 9.84 Å². The minimum atomic E-state index is 0.0855. The summed E-state index contributed by atoms with van der Waals surface area (Å²) in [7, 11) is 0. The second-order valence-corrected chi connectivity index (χ2v) is 4.04. The van der Waals surface area contributed by atoms with E-state index in [0.717, 1.165) is 30.4 Å². The van der Waals surface area contributed by atoms with Gasteiger partial charge < -0.3 is 14.7 Å². The van der Waals surface area contributed by atoms with Crippen LogP contribution >= 0.6 is 0 Å². The molecule has 0 radical (unpaired) electrons. The highest BCUT2D eigenvalue weighted by molar-refractivity contribution is 5.43. The van der Waals surface area contributed by atoms with Gasteiger partial charge in [-0.25, -0.2) is 9.97 Å². The SMILES string of the molecule is Cc1cc(N2CC(OCCO)C2)nc(C)n1. The summed E-state index contributed by atoms with van der Waals surface area (Å²) >= 11 is 0. The zero-order valence-electron chi connectivity index (χ0n) is 9.68. The van der Waals surface area contributed by atoms with Crippen LogP contribution in [0, 0.1) is 13.8 Å². The van der Waals surface area contributed by atoms with Gasteiger partial charge in [-0.2, -0.15) is 0 Å². The fourth-order valence-corrected chi connectivity index (χ4v) is 1.81. The van der Waals surface area contributed by atoms with Crippen molar-refractivity contribution in [3.8, 4) is 0 Å². The number of anilines is 1. The van der Waals surface area contributed by atoms with E-state index < -0.39 is 0 Å². The summed E-state index contributed by atoms with van der Waals surface area (Å²) in [6.07, 6.45) is 0.225. The number of ether oxygens (including phenoxy) is 1. The van der Waals surface area contributed by atoms with Crippen molar-refractivity contribution in [1.29, 1.82) is 0 Å². The Hall–Kier alpha value is -1.20. The number of nitrogens with zero attached hydrogens (tertiary/aromatic N) is 3. The molecule has 1 aromatic rings. The number of aliphatic hydroxyl groups excluding tert-OH is 1. The van der Waals surface area contributed by atoms with Crippen molar-refractivity contribution in [3.05, 3.63) is 17.6 Å². The molecule has 1 N–H and O–H groups in total. The second kappa shape index (κ2) is 4.76. The van der Waals surface area contributed by atoms with Crippen molar-refractivity contribution in [2.24, 2.45) is 0 Å². The number of aliphatic hydroxyl groups is 1. The van der Waals surface area contributed by atoms with Crippen LogP contribution in [0.1, 0.15) is 11.5 Å². The van der Waals surface area contributed by atoms with Gasteiger partial charge in [0.2, 0.25) is 0 Å². The minimum absolute atomic E-state index is 0.0855. The summed E-state index contributed by atoms with van der Waals surface area (Å²) in [6, 6.07) is 1.98. The summed E-state index contributed by atoms with van der Waals surface area (Å²) < 4.78 is 5.40. The Labute approximate surface area is 95.1 Å². The Morgan fingerprint density at radius 3 is 2.81 bits per heavy atom. The van der Waals surface area contributed by atoms with Gasteiger partial charge in [-0.05, 0) is 13.8 Å². The second-order valence-electron chi connectivity index (χ2n) is 4.04. The Bertz CT molecular complexity index is 344. The lowest BCUT2D eigenvalue weighted by Gasteiger charge is -2.39. The first kappa shape index (κ1) is 11.3. The monoisotopic (exact) mass is 223 g/mol. The molecule has 0 aromatic carbocycles.